The van der Waals surface area contributed by atoms with E-state index < -0.39 is 0 Å². The molecule has 0 spiro atoms. The standard InChI is InChI=1S/C28H35N3O4S/c1-6-29-28(32)26-25(20-9-7-19(8-10-20)17-31-11-13-35-14-12-31)27(36-30-26)22-15-21(18(2)3)23(33-4)16-24(22)34-5/h7-10,15-16,18H,6,11-14,17H2,1-5H3,(H,29,32). The highest BCUT2D eigenvalue weighted by Gasteiger charge is 2.25. The average molecular weight is 510 g/mol. The fraction of sp³-hybridized carbons (Fsp3) is 0.429. The Balaban J connectivity index is 1.80. The van der Waals surface area contributed by atoms with E-state index in [1.807, 2.05) is 13.0 Å². The van der Waals surface area contributed by atoms with E-state index in [9.17, 15) is 4.79 Å². The lowest BCUT2D eigenvalue weighted by atomic mass is 9.94. The zero-order valence-electron chi connectivity index (χ0n) is 21.7. The molecule has 4 rings (SSSR count). The molecule has 0 saturated carbocycles. The number of carbonyl (C=O) groups excluding carboxylic acids is 1. The van der Waals surface area contributed by atoms with Crippen molar-refractivity contribution in [3.05, 3.63) is 53.2 Å². The molecule has 0 atom stereocenters. The van der Waals surface area contributed by atoms with Crippen molar-refractivity contribution < 1.29 is 19.0 Å². The fourth-order valence-corrected chi connectivity index (χ4v) is 5.41. The second kappa shape index (κ2) is 11.9. The smallest absolute Gasteiger partial charge is 0.271 e. The molecule has 0 bridgehead atoms. The molecular weight excluding hydrogens is 474 g/mol. The van der Waals surface area contributed by atoms with Crippen LogP contribution in [-0.4, -0.2) is 62.2 Å². The number of ether oxygens (including phenoxy) is 3. The lowest BCUT2D eigenvalue weighted by molar-refractivity contribution is 0.0342. The highest BCUT2D eigenvalue weighted by Crippen LogP contribution is 2.45. The summed E-state index contributed by atoms with van der Waals surface area (Å²) >= 11 is 1.32. The van der Waals surface area contributed by atoms with Crippen LogP contribution in [0.1, 0.15) is 48.3 Å². The molecule has 1 fully saturated rings. The first-order chi connectivity index (χ1) is 17.5. The normalized spacial score (nSPS) is 14.2. The molecule has 7 nitrogen and oxygen atoms in total. The van der Waals surface area contributed by atoms with Gasteiger partial charge in [-0.25, -0.2) is 0 Å². The van der Waals surface area contributed by atoms with E-state index in [0.29, 0.717) is 18.0 Å². The van der Waals surface area contributed by atoms with Gasteiger partial charge in [-0.05, 0) is 47.1 Å². The topological polar surface area (TPSA) is 72.9 Å². The Morgan fingerprint density at radius 2 is 1.81 bits per heavy atom. The van der Waals surface area contributed by atoms with Crippen LogP contribution >= 0.6 is 11.5 Å². The van der Waals surface area contributed by atoms with Crippen LogP contribution in [0.25, 0.3) is 21.6 Å². The van der Waals surface area contributed by atoms with Crippen LogP contribution in [-0.2, 0) is 11.3 Å². The summed E-state index contributed by atoms with van der Waals surface area (Å²) in [4.78, 5) is 16.3. The molecule has 36 heavy (non-hydrogen) atoms. The number of morpholine rings is 1. The second-order valence-corrected chi connectivity index (χ2v) is 9.90. The zero-order valence-corrected chi connectivity index (χ0v) is 22.5. The van der Waals surface area contributed by atoms with Crippen LogP contribution in [0.2, 0.25) is 0 Å². The Labute approximate surface area is 217 Å². The van der Waals surface area contributed by atoms with Crippen molar-refractivity contribution in [2.45, 2.75) is 33.2 Å². The first-order valence-electron chi connectivity index (χ1n) is 12.4. The molecular formula is C28H35N3O4S. The van der Waals surface area contributed by atoms with Gasteiger partial charge in [-0.3, -0.25) is 9.69 Å². The van der Waals surface area contributed by atoms with E-state index >= 15 is 0 Å². The number of amides is 1. The first kappa shape index (κ1) is 26.1. The van der Waals surface area contributed by atoms with E-state index in [1.54, 1.807) is 14.2 Å². The van der Waals surface area contributed by atoms with Gasteiger partial charge >= 0.3 is 0 Å². The highest BCUT2D eigenvalue weighted by atomic mass is 32.1. The Kier molecular flexibility index (Phi) is 8.61. The molecule has 2 heterocycles. The van der Waals surface area contributed by atoms with Gasteiger partial charge < -0.3 is 19.5 Å². The maximum atomic E-state index is 13.0. The summed E-state index contributed by atoms with van der Waals surface area (Å²) in [6.07, 6.45) is 0. The van der Waals surface area contributed by atoms with Crippen molar-refractivity contribution in [1.82, 2.24) is 14.6 Å². The van der Waals surface area contributed by atoms with Gasteiger partial charge in [0.05, 0.1) is 32.3 Å². The number of hydrogen-bond acceptors (Lipinski definition) is 7. The van der Waals surface area contributed by atoms with Gasteiger partial charge in [0, 0.05) is 43.4 Å². The summed E-state index contributed by atoms with van der Waals surface area (Å²) in [5, 5.41) is 2.91. The highest BCUT2D eigenvalue weighted by molar-refractivity contribution is 7.10. The maximum Gasteiger partial charge on any atom is 0.271 e. The van der Waals surface area contributed by atoms with Crippen LogP contribution in [0.4, 0.5) is 0 Å². The molecule has 1 saturated heterocycles. The molecule has 192 valence electrons. The number of aromatic nitrogens is 1. The van der Waals surface area contributed by atoms with E-state index in [-0.39, 0.29) is 11.8 Å². The quantitative estimate of drug-likeness (QED) is 0.428. The van der Waals surface area contributed by atoms with E-state index in [4.69, 9.17) is 14.2 Å². The number of nitrogens with one attached hydrogen (secondary N) is 1. The number of hydrogen-bond donors (Lipinski definition) is 1. The van der Waals surface area contributed by atoms with Gasteiger partial charge in [0.25, 0.3) is 5.91 Å². The lowest BCUT2D eigenvalue weighted by Crippen LogP contribution is -2.35. The lowest BCUT2D eigenvalue weighted by Gasteiger charge is -2.26. The monoisotopic (exact) mass is 509 g/mol. The van der Waals surface area contributed by atoms with Gasteiger partial charge in [0.15, 0.2) is 0 Å². The van der Waals surface area contributed by atoms with Crippen molar-refractivity contribution in [2.75, 3.05) is 47.1 Å². The van der Waals surface area contributed by atoms with Crippen molar-refractivity contribution in [3.8, 4) is 33.1 Å². The number of rotatable bonds is 9. The molecule has 8 heteroatoms. The molecule has 1 amide bonds. The number of benzene rings is 2. The Morgan fingerprint density at radius 3 is 2.42 bits per heavy atom. The minimum atomic E-state index is -0.177. The summed E-state index contributed by atoms with van der Waals surface area (Å²) in [7, 11) is 3.32. The Bertz CT molecular complexity index is 1180. The predicted octanol–water partition coefficient (Wildman–Crippen LogP) is 5.20. The van der Waals surface area contributed by atoms with Crippen LogP contribution in [0.5, 0.6) is 11.5 Å². The number of methoxy groups -OCH3 is 2. The molecule has 0 unspecified atom stereocenters. The molecule has 1 aromatic heterocycles. The molecule has 2 aromatic carbocycles. The van der Waals surface area contributed by atoms with Crippen LogP contribution in [0, 0.1) is 0 Å². The Morgan fingerprint density at radius 1 is 1.11 bits per heavy atom. The first-order valence-corrected chi connectivity index (χ1v) is 13.2. The van der Waals surface area contributed by atoms with Crippen molar-refractivity contribution in [3.63, 3.8) is 0 Å². The van der Waals surface area contributed by atoms with E-state index in [0.717, 1.165) is 65.7 Å². The summed E-state index contributed by atoms with van der Waals surface area (Å²) in [5.41, 5.74) is 5.42. The van der Waals surface area contributed by atoms with Gasteiger partial charge in [-0.1, -0.05) is 38.1 Å². The minimum absolute atomic E-state index is 0.177. The van der Waals surface area contributed by atoms with Gasteiger partial charge in [-0.2, -0.15) is 4.37 Å². The largest absolute Gasteiger partial charge is 0.496 e. The summed E-state index contributed by atoms with van der Waals surface area (Å²) in [6, 6.07) is 12.5. The maximum absolute atomic E-state index is 13.0. The van der Waals surface area contributed by atoms with E-state index in [2.05, 4.69) is 58.8 Å². The van der Waals surface area contributed by atoms with Crippen LogP contribution in [0.15, 0.2) is 36.4 Å². The summed E-state index contributed by atoms with van der Waals surface area (Å²) < 4.78 is 21.5. The molecule has 0 aliphatic carbocycles. The number of nitrogens with zero attached hydrogens (tertiary/aromatic N) is 2. The molecule has 3 aromatic rings. The third kappa shape index (κ3) is 5.56. The number of carbonyl (C=O) groups is 1. The van der Waals surface area contributed by atoms with Crippen molar-refractivity contribution >= 4 is 17.4 Å². The SMILES string of the molecule is CCNC(=O)c1nsc(-c2cc(C(C)C)c(OC)cc2OC)c1-c1ccc(CN2CCOCC2)cc1. The molecule has 1 aliphatic heterocycles. The fourth-order valence-electron chi connectivity index (χ4n) is 4.49. The van der Waals surface area contributed by atoms with Gasteiger partial charge in [0.1, 0.15) is 17.2 Å². The minimum Gasteiger partial charge on any atom is -0.496 e. The summed E-state index contributed by atoms with van der Waals surface area (Å²) in [6.45, 7) is 11.0. The average Bonchev–Trinajstić information content (AvgIpc) is 3.34. The van der Waals surface area contributed by atoms with Crippen molar-refractivity contribution in [2.24, 2.45) is 0 Å². The molecule has 1 N–H and O–H groups in total. The van der Waals surface area contributed by atoms with Gasteiger partial charge in [0.2, 0.25) is 0 Å². The third-order valence-corrected chi connectivity index (χ3v) is 7.30. The molecule has 1 aliphatic rings. The second-order valence-electron chi connectivity index (χ2n) is 9.13. The third-order valence-electron chi connectivity index (χ3n) is 6.42. The predicted molar refractivity (Wildman–Crippen MR) is 144 cm³/mol. The zero-order chi connectivity index (χ0) is 25.7. The summed E-state index contributed by atoms with van der Waals surface area (Å²) in [5.74, 6) is 1.55. The van der Waals surface area contributed by atoms with Crippen LogP contribution < -0.4 is 14.8 Å². The van der Waals surface area contributed by atoms with E-state index in [1.165, 1.54) is 17.1 Å². The Hall–Kier alpha value is -2.94. The van der Waals surface area contributed by atoms with Crippen LogP contribution in [0.3, 0.4) is 0 Å². The van der Waals surface area contributed by atoms with Gasteiger partial charge in [-0.15, -0.1) is 0 Å². The van der Waals surface area contributed by atoms with Crippen molar-refractivity contribution in [1.29, 1.82) is 0 Å². The molecule has 0 radical (unpaired) electrons.